The van der Waals surface area contributed by atoms with Gasteiger partial charge in [-0.3, -0.25) is 19.8 Å². The first-order chi connectivity index (χ1) is 12.0. The number of rotatable bonds is 5. The molecule has 2 saturated heterocycles. The lowest BCUT2D eigenvalue weighted by Gasteiger charge is -2.25. The van der Waals surface area contributed by atoms with Crippen LogP contribution in [0, 0.1) is 0 Å². The van der Waals surface area contributed by atoms with Crippen molar-refractivity contribution in [2.75, 3.05) is 18.2 Å². The van der Waals surface area contributed by atoms with Gasteiger partial charge in [0.05, 0.1) is 11.6 Å². The summed E-state index contributed by atoms with van der Waals surface area (Å²) in [6.07, 6.45) is 0.342. The van der Waals surface area contributed by atoms with Gasteiger partial charge in [-0.15, -0.1) is 11.8 Å². The van der Waals surface area contributed by atoms with E-state index in [1.165, 1.54) is 16.7 Å². The maximum absolute atomic E-state index is 12.8. The van der Waals surface area contributed by atoms with Gasteiger partial charge in [-0.25, -0.2) is 4.79 Å². The Labute approximate surface area is 148 Å². The summed E-state index contributed by atoms with van der Waals surface area (Å²) < 4.78 is 0. The minimum absolute atomic E-state index is 0.135. The van der Waals surface area contributed by atoms with E-state index < -0.39 is 23.4 Å². The highest BCUT2D eigenvalue weighted by molar-refractivity contribution is 8.00. The van der Waals surface area contributed by atoms with E-state index in [-0.39, 0.29) is 12.5 Å². The molecule has 0 aromatic heterocycles. The van der Waals surface area contributed by atoms with Crippen molar-refractivity contribution in [1.29, 1.82) is 0 Å². The number of carbonyl (C=O) groups excluding carboxylic acids is 4. The van der Waals surface area contributed by atoms with Crippen molar-refractivity contribution < 1.29 is 19.2 Å². The Kier molecular flexibility index (Phi) is 4.67. The number of nitrogens with one attached hydrogen (secondary N) is 2. The summed E-state index contributed by atoms with van der Waals surface area (Å²) in [6, 6.07) is 8.21. The highest BCUT2D eigenvalue weighted by Gasteiger charge is 2.52. The Hall–Kier alpha value is -2.55. The molecule has 5 amide bonds. The molecule has 2 aliphatic heterocycles. The van der Waals surface area contributed by atoms with Crippen LogP contribution in [0.3, 0.4) is 0 Å². The number of thioether (sulfide) groups is 1. The average molecular weight is 362 g/mol. The Morgan fingerprint density at radius 3 is 2.60 bits per heavy atom. The van der Waals surface area contributed by atoms with Crippen LogP contribution in [0.1, 0.15) is 18.9 Å². The molecular weight excluding hydrogens is 344 g/mol. The van der Waals surface area contributed by atoms with Crippen molar-refractivity contribution in [2.24, 2.45) is 0 Å². The smallest absolute Gasteiger partial charge is 0.323 e. The first-order valence-corrected chi connectivity index (χ1v) is 9.00. The van der Waals surface area contributed by atoms with Gasteiger partial charge in [0.2, 0.25) is 5.91 Å². The number of amides is 5. The monoisotopic (exact) mass is 362 g/mol. The van der Waals surface area contributed by atoms with Gasteiger partial charge in [-0.1, -0.05) is 37.3 Å². The zero-order chi connectivity index (χ0) is 18.0. The molecule has 2 N–H and O–H groups in total. The van der Waals surface area contributed by atoms with Gasteiger partial charge in [-0.2, -0.15) is 5.01 Å². The number of hydrazine groups is 1. The van der Waals surface area contributed by atoms with Crippen LogP contribution >= 0.6 is 11.8 Å². The average Bonchev–Trinajstić information content (AvgIpc) is 3.12. The molecule has 25 heavy (non-hydrogen) atoms. The van der Waals surface area contributed by atoms with E-state index in [1.807, 2.05) is 6.07 Å². The second kappa shape index (κ2) is 6.75. The number of hydrogen-bond acceptors (Lipinski definition) is 5. The standard InChI is InChI=1S/C16H18N4O4S/c1-2-16(11-6-4-3-5-7-11)14(23)20(15(24)17-16)18-12(21)8-19-10-25-9-13(19)22/h3-7H,2,8-10H2,1H3,(H,17,24)(H,18,21)/t16-/m1/s1. The minimum Gasteiger partial charge on any atom is -0.323 e. The van der Waals surface area contributed by atoms with E-state index in [9.17, 15) is 19.2 Å². The van der Waals surface area contributed by atoms with E-state index in [1.54, 1.807) is 31.2 Å². The third-order valence-corrected chi connectivity index (χ3v) is 5.23. The fourth-order valence-corrected chi connectivity index (χ4v) is 3.82. The zero-order valence-corrected chi connectivity index (χ0v) is 14.5. The highest BCUT2D eigenvalue weighted by Crippen LogP contribution is 2.31. The van der Waals surface area contributed by atoms with Gasteiger partial charge in [-0.05, 0) is 12.0 Å². The topological polar surface area (TPSA) is 98.8 Å². The van der Waals surface area contributed by atoms with E-state index in [0.29, 0.717) is 28.6 Å². The van der Waals surface area contributed by atoms with Crippen LogP contribution in [0.15, 0.2) is 30.3 Å². The molecule has 0 saturated carbocycles. The quantitative estimate of drug-likeness (QED) is 0.739. The highest BCUT2D eigenvalue weighted by atomic mass is 32.2. The molecule has 132 valence electrons. The van der Waals surface area contributed by atoms with E-state index in [4.69, 9.17) is 0 Å². The number of hydrogen-bond donors (Lipinski definition) is 2. The summed E-state index contributed by atoms with van der Waals surface area (Å²) >= 11 is 1.41. The van der Waals surface area contributed by atoms with Crippen molar-refractivity contribution in [3.05, 3.63) is 35.9 Å². The lowest BCUT2D eigenvalue weighted by Crippen LogP contribution is -2.51. The molecule has 1 aromatic carbocycles. The van der Waals surface area contributed by atoms with Crippen LogP contribution in [0.25, 0.3) is 0 Å². The number of urea groups is 1. The molecule has 1 aromatic rings. The van der Waals surface area contributed by atoms with Crippen molar-refractivity contribution in [1.82, 2.24) is 20.7 Å². The third-order valence-electron chi connectivity index (χ3n) is 4.28. The van der Waals surface area contributed by atoms with Gasteiger partial charge in [0.1, 0.15) is 12.1 Å². The Morgan fingerprint density at radius 1 is 1.28 bits per heavy atom. The Bertz CT molecular complexity index is 726. The maximum Gasteiger partial charge on any atom is 0.344 e. The van der Waals surface area contributed by atoms with Gasteiger partial charge in [0, 0.05) is 0 Å². The molecule has 2 aliphatic rings. The number of nitrogens with zero attached hydrogens (tertiary/aromatic N) is 2. The molecule has 3 rings (SSSR count). The van der Waals surface area contributed by atoms with Gasteiger partial charge < -0.3 is 10.2 Å². The van der Waals surface area contributed by atoms with Crippen LogP contribution in [0.4, 0.5) is 4.79 Å². The third kappa shape index (κ3) is 3.07. The molecule has 0 aliphatic carbocycles. The van der Waals surface area contributed by atoms with Crippen LogP contribution in [0.5, 0.6) is 0 Å². The fraction of sp³-hybridized carbons (Fsp3) is 0.375. The van der Waals surface area contributed by atoms with Crippen molar-refractivity contribution >= 4 is 35.5 Å². The second-order valence-corrected chi connectivity index (χ2v) is 6.75. The molecule has 8 nitrogen and oxygen atoms in total. The first kappa shape index (κ1) is 17.3. The lowest BCUT2D eigenvalue weighted by molar-refractivity contribution is -0.141. The van der Waals surface area contributed by atoms with Crippen LogP contribution in [0.2, 0.25) is 0 Å². The fourth-order valence-electron chi connectivity index (χ4n) is 2.91. The van der Waals surface area contributed by atoms with Crippen molar-refractivity contribution in [3.8, 4) is 0 Å². The van der Waals surface area contributed by atoms with Crippen LogP contribution in [-0.2, 0) is 19.9 Å². The minimum atomic E-state index is -1.20. The van der Waals surface area contributed by atoms with Crippen LogP contribution < -0.4 is 10.7 Å². The van der Waals surface area contributed by atoms with Crippen molar-refractivity contribution in [3.63, 3.8) is 0 Å². The molecule has 0 spiro atoms. The molecule has 9 heteroatoms. The van der Waals surface area contributed by atoms with Crippen molar-refractivity contribution in [2.45, 2.75) is 18.9 Å². The summed E-state index contributed by atoms with van der Waals surface area (Å²) in [4.78, 5) is 50.2. The lowest BCUT2D eigenvalue weighted by atomic mass is 9.87. The molecule has 1 atom stereocenters. The number of imide groups is 1. The predicted molar refractivity (Wildman–Crippen MR) is 91.0 cm³/mol. The van der Waals surface area contributed by atoms with Gasteiger partial charge in [0.15, 0.2) is 0 Å². The molecule has 2 heterocycles. The maximum atomic E-state index is 12.8. The van der Waals surface area contributed by atoms with Crippen LogP contribution in [-0.4, -0.2) is 51.8 Å². The van der Waals surface area contributed by atoms with E-state index in [0.717, 1.165) is 0 Å². The largest absolute Gasteiger partial charge is 0.344 e. The summed E-state index contributed by atoms with van der Waals surface area (Å²) in [7, 11) is 0. The van der Waals surface area contributed by atoms with Gasteiger partial charge in [0.25, 0.3) is 11.8 Å². The normalized spacial score (nSPS) is 23.2. The number of carbonyl (C=O) groups is 4. The Balaban J connectivity index is 1.75. The number of benzene rings is 1. The first-order valence-electron chi connectivity index (χ1n) is 7.85. The van der Waals surface area contributed by atoms with E-state index >= 15 is 0 Å². The molecule has 2 fully saturated rings. The summed E-state index contributed by atoms with van der Waals surface area (Å²) in [5, 5.41) is 3.38. The Morgan fingerprint density at radius 2 is 2.00 bits per heavy atom. The summed E-state index contributed by atoms with van der Waals surface area (Å²) in [5.74, 6) is -0.496. The predicted octanol–water partition coefficient (Wildman–Crippen LogP) is 0.408. The molecule has 0 unspecified atom stereocenters. The molecule has 0 radical (unpaired) electrons. The molecule has 0 bridgehead atoms. The second-order valence-electron chi connectivity index (χ2n) is 5.80. The molecular formula is C16H18N4O4S. The summed E-state index contributed by atoms with van der Waals surface area (Å²) in [6.45, 7) is 1.60. The zero-order valence-electron chi connectivity index (χ0n) is 13.7. The SMILES string of the molecule is CC[C@]1(c2ccccc2)NC(=O)N(NC(=O)CN2CSCC2=O)C1=O. The summed E-state index contributed by atoms with van der Waals surface area (Å²) in [5.41, 5.74) is 1.76. The van der Waals surface area contributed by atoms with Gasteiger partial charge >= 0.3 is 6.03 Å². The van der Waals surface area contributed by atoms with E-state index in [2.05, 4.69) is 10.7 Å².